The van der Waals surface area contributed by atoms with Crippen molar-refractivity contribution >= 4 is 0 Å². The van der Waals surface area contributed by atoms with E-state index in [2.05, 4.69) is 5.32 Å². The van der Waals surface area contributed by atoms with E-state index in [1.54, 1.807) is 0 Å². The lowest BCUT2D eigenvalue weighted by Gasteiger charge is -2.28. The zero-order chi connectivity index (χ0) is 15.4. The number of hydrogen-bond donors (Lipinski definition) is 2. The van der Waals surface area contributed by atoms with Crippen molar-refractivity contribution in [3.63, 3.8) is 0 Å². The van der Waals surface area contributed by atoms with E-state index in [9.17, 15) is 5.11 Å². The molecule has 0 aromatic heterocycles. The summed E-state index contributed by atoms with van der Waals surface area (Å²) in [7, 11) is 0. The van der Waals surface area contributed by atoms with Crippen molar-refractivity contribution in [1.82, 2.24) is 5.32 Å². The first kappa shape index (κ1) is 14.9. The number of rotatable bonds is 5. The van der Waals surface area contributed by atoms with Gasteiger partial charge in [0.05, 0.1) is 6.10 Å². The molecule has 4 nitrogen and oxygen atoms in total. The van der Waals surface area contributed by atoms with Crippen LogP contribution in [-0.4, -0.2) is 30.4 Å². The smallest absolute Gasteiger partial charge is 0.161 e. The van der Waals surface area contributed by atoms with E-state index >= 15 is 0 Å². The quantitative estimate of drug-likeness (QED) is 0.891. The van der Waals surface area contributed by atoms with Gasteiger partial charge in [0, 0.05) is 12.6 Å². The summed E-state index contributed by atoms with van der Waals surface area (Å²) in [5.41, 5.74) is 0.911. The van der Waals surface area contributed by atoms with Crippen LogP contribution in [0.4, 0.5) is 0 Å². The van der Waals surface area contributed by atoms with E-state index in [0.717, 1.165) is 17.1 Å². The highest BCUT2D eigenvalue weighted by Crippen LogP contribution is 2.30. The van der Waals surface area contributed by atoms with E-state index < -0.39 is 6.10 Å². The number of fused-ring (bicyclic) bond motifs is 1. The lowest BCUT2D eigenvalue weighted by atomic mass is 10.0. The minimum atomic E-state index is -0.544. The van der Waals surface area contributed by atoms with Crippen molar-refractivity contribution in [2.45, 2.75) is 25.2 Å². The van der Waals surface area contributed by atoms with Crippen molar-refractivity contribution < 1.29 is 14.6 Å². The number of nitrogens with one attached hydrogen (secondary N) is 1. The van der Waals surface area contributed by atoms with E-state index in [4.69, 9.17) is 9.47 Å². The Hall–Kier alpha value is -2.04. The predicted molar refractivity (Wildman–Crippen MR) is 85.2 cm³/mol. The molecule has 3 atom stereocenters. The monoisotopic (exact) mass is 299 g/mol. The molecule has 2 aromatic rings. The number of ether oxygens (including phenoxy) is 2. The van der Waals surface area contributed by atoms with Gasteiger partial charge < -0.3 is 19.9 Å². The molecular weight excluding hydrogens is 278 g/mol. The first-order valence-electron chi connectivity index (χ1n) is 7.59. The van der Waals surface area contributed by atoms with Crippen LogP contribution in [0.25, 0.3) is 0 Å². The Kier molecular flexibility index (Phi) is 4.61. The van der Waals surface area contributed by atoms with E-state index in [-0.39, 0.29) is 12.1 Å². The molecule has 0 fully saturated rings. The molecule has 2 N–H and O–H groups in total. The SMILES string of the molecule is CC(NCC1COc2ccccc2O1)C(O)c1ccccc1. The maximum atomic E-state index is 10.3. The number of aliphatic hydroxyl groups excluding tert-OH is 1. The van der Waals surface area contributed by atoms with Gasteiger partial charge in [0.2, 0.25) is 0 Å². The molecule has 2 aromatic carbocycles. The number of aliphatic hydroxyl groups is 1. The summed E-state index contributed by atoms with van der Waals surface area (Å²) in [6.07, 6.45) is -0.599. The molecule has 0 aliphatic carbocycles. The standard InChI is InChI=1S/C18H21NO3/c1-13(18(20)14-7-3-2-4-8-14)19-11-15-12-21-16-9-5-6-10-17(16)22-15/h2-10,13,15,18-20H,11-12H2,1H3. The van der Waals surface area contributed by atoms with Crippen LogP contribution in [0.2, 0.25) is 0 Å². The minimum Gasteiger partial charge on any atom is -0.486 e. The topological polar surface area (TPSA) is 50.7 Å². The van der Waals surface area contributed by atoms with Crippen LogP contribution in [-0.2, 0) is 0 Å². The van der Waals surface area contributed by atoms with Gasteiger partial charge in [0.1, 0.15) is 12.7 Å². The number of para-hydroxylation sites is 2. The number of benzene rings is 2. The van der Waals surface area contributed by atoms with Crippen molar-refractivity contribution in [3.05, 3.63) is 60.2 Å². The number of hydrogen-bond acceptors (Lipinski definition) is 4. The van der Waals surface area contributed by atoms with Gasteiger partial charge >= 0.3 is 0 Å². The van der Waals surface area contributed by atoms with E-state index in [0.29, 0.717) is 13.2 Å². The summed E-state index contributed by atoms with van der Waals surface area (Å²) in [6.45, 7) is 3.10. The van der Waals surface area contributed by atoms with Crippen LogP contribution in [0, 0.1) is 0 Å². The normalized spacial score (nSPS) is 19.5. The van der Waals surface area contributed by atoms with E-state index in [1.807, 2.05) is 61.5 Å². The zero-order valence-corrected chi connectivity index (χ0v) is 12.6. The molecule has 1 aliphatic rings. The van der Waals surface area contributed by atoms with Crippen molar-refractivity contribution in [1.29, 1.82) is 0 Å². The Morgan fingerprint density at radius 1 is 1.09 bits per heavy atom. The van der Waals surface area contributed by atoms with Gasteiger partial charge in [-0.25, -0.2) is 0 Å². The van der Waals surface area contributed by atoms with Crippen LogP contribution in [0.3, 0.4) is 0 Å². The molecule has 0 spiro atoms. The average Bonchev–Trinajstić information content (AvgIpc) is 2.59. The third-order valence-electron chi connectivity index (χ3n) is 3.85. The summed E-state index contributed by atoms with van der Waals surface area (Å²) >= 11 is 0. The second-order valence-corrected chi connectivity index (χ2v) is 5.55. The van der Waals surface area contributed by atoms with Gasteiger partial charge in [-0.05, 0) is 24.6 Å². The Balaban J connectivity index is 1.53. The highest BCUT2D eigenvalue weighted by molar-refractivity contribution is 5.40. The molecule has 22 heavy (non-hydrogen) atoms. The fourth-order valence-electron chi connectivity index (χ4n) is 2.53. The van der Waals surface area contributed by atoms with Crippen LogP contribution >= 0.6 is 0 Å². The van der Waals surface area contributed by atoms with E-state index in [1.165, 1.54) is 0 Å². The molecule has 3 rings (SSSR count). The average molecular weight is 299 g/mol. The molecule has 0 radical (unpaired) electrons. The fraction of sp³-hybridized carbons (Fsp3) is 0.333. The lowest BCUT2D eigenvalue weighted by Crippen LogP contribution is -2.43. The Morgan fingerprint density at radius 2 is 1.77 bits per heavy atom. The molecule has 0 amide bonds. The molecule has 0 saturated carbocycles. The van der Waals surface area contributed by atoms with Crippen molar-refractivity contribution in [2.24, 2.45) is 0 Å². The molecular formula is C18H21NO3. The van der Waals surface area contributed by atoms with Gasteiger partial charge in [0.15, 0.2) is 11.5 Å². The highest BCUT2D eigenvalue weighted by Gasteiger charge is 2.22. The molecule has 3 unspecified atom stereocenters. The summed E-state index contributed by atoms with van der Waals surface area (Å²) in [5.74, 6) is 1.56. The van der Waals surface area contributed by atoms with Crippen LogP contribution < -0.4 is 14.8 Å². The van der Waals surface area contributed by atoms with Gasteiger partial charge in [-0.3, -0.25) is 0 Å². The van der Waals surface area contributed by atoms with Gasteiger partial charge in [-0.1, -0.05) is 42.5 Å². The first-order chi connectivity index (χ1) is 10.7. The Bertz CT molecular complexity index is 600. The third kappa shape index (κ3) is 3.40. The lowest BCUT2D eigenvalue weighted by molar-refractivity contribution is 0.0772. The summed E-state index contributed by atoms with van der Waals surface area (Å²) in [6, 6.07) is 17.3. The van der Waals surface area contributed by atoms with Crippen molar-refractivity contribution in [2.75, 3.05) is 13.2 Å². The summed E-state index contributed by atoms with van der Waals surface area (Å²) in [4.78, 5) is 0. The fourth-order valence-corrected chi connectivity index (χ4v) is 2.53. The largest absolute Gasteiger partial charge is 0.486 e. The van der Waals surface area contributed by atoms with Crippen LogP contribution in [0.1, 0.15) is 18.6 Å². The second-order valence-electron chi connectivity index (χ2n) is 5.55. The Labute approximate surface area is 130 Å². The maximum Gasteiger partial charge on any atom is 0.161 e. The van der Waals surface area contributed by atoms with Crippen LogP contribution in [0.15, 0.2) is 54.6 Å². The summed E-state index contributed by atoms with van der Waals surface area (Å²) < 4.78 is 11.6. The molecule has 0 saturated heterocycles. The molecule has 4 heteroatoms. The third-order valence-corrected chi connectivity index (χ3v) is 3.85. The van der Waals surface area contributed by atoms with Gasteiger partial charge in [0.25, 0.3) is 0 Å². The maximum absolute atomic E-state index is 10.3. The second kappa shape index (κ2) is 6.81. The van der Waals surface area contributed by atoms with Gasteiger partial charge in [-0.15, -0.1) is 0 Å². The van der Waals surface area contributed by atoms with Gasteiger partial charge in [-0.2, -0.15) is 0 Å². The summed E-state index contributed by atoms with van der Waals surface area (Å²) in [5, 5.41) is 13.7. The highest BCUT2D eigenvalue weighted by atomic mass is 16.6. The molecule has 116 valence electrons. The predicted octanol–water partition coefficient (Wildman–Crippen LogP) is 2.54. The zero-order valence-electron chi connectivity index (χ0n) is 12.6. The molecule has 1 heterocycles. The molecule has 1 aliphatic heterocycles. The van der Waals surface area contributed by atoms with Crippen LogP contribution in [0.5, 0.6) is 11.5 Å². The first-order valence-corrected chi connectivity index (χ1v) is 7.59. The molecule has 0 bridgehead atoms. The Morgan fingerprint density at radius 3 is 2.55 bits per heavy atom. The van der Waals surface area contributed by atoms with Crippen molar-refractivity contribution in [3.8, 4) is 11.5 Å². The minimum absolute atomic E-state index is 0.0553.